The second-order valence-electron chi connectivity index (χ2n) is 5.36. The first-order valence-electron chi connectivity index (χ1n) is 6.49. The van der Waals surface area contributed by atoms with Gasteiger partial charge in [-0.15, -0.1) is 0 Å². The van der Waals surface area contributed by atoms with Gasteiger partial charge in [-0.1, -0.05) is 0 Å². The van der Waals surface area contributed by atoms with Crippen molar-refractivity contribution >= 4 is 17.8 Å². The molecule has 1 atom stereocenters. The fourth-order valence-electron chi connectivity index (χ4n) is 2.10. The van der Waals surface area contributed by atoms with Gasteiger partial charge >= 0.3 is 11.9 Å². The fourth-order valence-corrected chi connectivity index (χ4v) is 2.10. The molecule has 1 aliphatic heterocycles. The Kier molecular flexibility index (Phi) is 4.91. The molecule has 1 unspecified atom stereocenters. The van der Waals surface area contributed by atoms with E-state index >= 15 is 0 Å². The van der Waals surface area contributed by atoms with E-state index in [0.29, 0.717) is 13.0 Å². The highest BCUT2D eigenvalue weighted by molar-refractivity contribution is 5.88. The van der Waals surface area contributed by atoms with Gasteiger partial charge < -0.3 is 14.7 Å². The molecule has 6 heteroatoms. The number of hydrogen-bond donors (Lipinski definition) is 1. The summed E-state index contributed by atoms with van der Waals surface area (Å²) in [5, 5.41) is 9.03. The Labute approximate surface area is 112 Å². The van der Waals surface area contributed by atoms with E-state index in [4.69, 9.17) is 9.84 Å². The van der Waals surface area contributed by atoms with Crippen LogP contribution in [0, 0.1) is 5.41 Å². The number of carbonyl (C=O) groups is 3. The molecule has 1 aliphatic rings. The normalized spacial score (nSPS) is 19.3. The van der Waals surface area contributed by atoms with Crippen LogP contribution < -0.4 is 0 Å². The minimum absolute atomic E-state index is 0.113. The lowest BCUT2D eigenvalue weighted by Gasteiger charge is -2.26. The number of esters is 1. The molecule has 108 valence electrons. The van der Waals surface area contributed by atoms with Gasteiger partial charge in [0.25, 0.3) is 0 Å². The molecule has 1 N–H and O–H groups in total. The molecule has 0 aromatic heterocycles. The Morgan fingerprint density at radius 2 is 2.00 bits per heavy atom. The van der Waals surface area contributed by atoms with Crippen LogP contribution in [-0.2, 0) is 19.1 Å². The summed E-state index contributed by atoms with van der Waals surface area (Å²) in [7, 11) is 0. The molecular formula is C13H21NO5. The number of aliphatic carboxylic acids is 1. The van der Waals surface area contributed by atoms with Crippen LogP contribution in [-0.4, -0.2) is 47.0 Å². The molecule has 0 bridgehead atoms. The second kappa shape index (κ2) is 6.04. The number of rotatable bonds is 5. The molecule has 0 aliphatic carbocycles. The van der Waals surface area contributed by atoms with Gasteiger partial charge in [-0.2, -0.15) is 0 Å². The van der Waals surface area contributed by atoms with Crippen molar-refractivity contribution in [2.24, 2.45) is 5.41 Å². The Hall–Kier alpha value is -1.59. The zero-order chi connectivity index (χ0) is 14.6. The van der Waals surface area contributed by atoms with Gasteiger partial charge in [-0.25, -0.2) is 4.79 Å². The van der Waals surface area contributed by atoms with Crippen LogP contribution >= 0.6 is 0 Å². The van der Waals surface area contributed by atoms with Crippen molar-refractivity contribution in [2.45, 2.75) is 46.1 Å². The van der Waals surface area contributed by atoms with Crippen molar-refractivity contribution < 1.29 is 24.2 Å². The molecule has 0 spiro atoms. The first-order chi connectivity index (χ1) is 8.79. The van der Waals surface area contributed by atoms with Crippen LogP contribution in [0.2, 0.25) is 0 Å². The molecule has 0 saturated carbocycles. The maximum atomic E-state index is 12.1. The summed E-state index contributed by atoms with van der Waals surface area (Å²) in [5.41, 5.74) is -1.13. The maximum absolute atomic E-state index is 12.1. The Morgan fingerprint density at radius 1 is 1.37 bits per heavy atom. The van der Waals surface area contributed by atoms with Crippen molar-refractivity contribution in [3.63, 3.8) is 0 Å². The molecule has 1 fully saturated rings. The minimum Gasteiger partial charge on any atom is -0.481 e. The average Bonchev–Trinajstić information content (AvgIpc) is 2.77. The molecule has 0 radical (unpaired) electrons. The van der Waals surface area contributed by atoms with Crippen LogP contribution in [0.1, 0.15) is 40.0 Å². The molecule has 1 amide bonds. The van der Waals surface area contributed by atoms with Gasteiger partial charge in [0.05, 0.1) is 12.0 Å². The van der Waals surface area contributed by atoms with Gasteiger partial charge in [-0.3, -0.25) is 9.59 Å². The van der Waals surface area contributed by atoms with Crippen LogP contribution in [0.15, 0.2) is 0 Å². The van der Waals surface area contributed by atoms with Crippen LogP contribution in [0.3, 0.4) is 0 Å². The Bertz CT molecular complexity index is 377. The van der Waals surface area contributed by atoms with E-state index in [1.54, 1.807) is 6.92 Å². The molecule has 0 aromatic carbocycles. The molecular weight excluding hydrogens is 250 g/mol. The van der Waals surface area contributed by atoms with E-state index in [9.17, 15) is 14.4 Å². The summed E-state index contributed by atoms with van der Waals surface area (Å²) in [6.07, 6.45) is 1.21. The van der Waals surface area contributed by atoms with Gasteiger partial charge in [0.2, 0.25) is 5.91 Å². The number of carboxylic acid groups (broad SMARTS) is 1. The van der Waals surface area contributed by atoms with Gasteiger partial charge in [0.1, 0.15) is 6.04 Å². The van der Waals surface area contributed by atoms with Crippen molar-refractivity contribution in [1.29, 1.82) is 0 Å². The van der Waals surface area contributed by atoms with Crippen molar-refractivity contribution in [1.82, 2.24) is 4.90 Å². The third kappa shape index (κ3) is 3.68. The number of likely N-dealkylation sites (tertiary alicyclic amines) is 1. The molecule has 1 saturated heterocycles. The van der Waals surface area contributed by atoms with Crippen molar-refractivity contribution in [3.8, 4) is 0 Å². The zero-order valence-corrected chi connectivity index (χ0v) is 11.6. The summed E-state index contributed by atoms with van der Waals surface area (Å²) in [4.78, 5) is 36.3. The summed E-state index contributed by atoms with van der Waals surface area (Å²) in [6, 6.07) is -0.558. The number of carbonyl (C=O) groups excluding carboxylic acids is 2. The molecule has 0 aromatic rings. The van der Waals surface area contributed by atoms with E-state index in [-0.39, 0.29) is 18.9 Å². The lowest BCUT2D eigenvalue weighted by Crippen LogP contribution is -2.43. The van der Waals surface area contributed by atoms with Gasteiger partial charge in [0.15, 0.2) is 0 Å². The molecule has 6 nitrogen and oxygen atoms in total. The van der Waals surface area contributed by atoms with Gasteiger partial charge in [0, 0.05) is 13.0 Å². The van der Waals surface area contributed by atoms with E-state index in [1.807, 2.05) is 0 Å². The largest absolute Gasteiger partial charge is 0.481 e. The van der Waals surface area contributed by atoms with E-state index < -0.39 is 23.4 Å². The summed E-state index contributed by atoms with van der Waals surface area (Å²) >= 11 is 0. The van der Waals surface area contributed by atoms with E-state index in [0.717, 1.165) is 6.42 Å². The predicted octanol–water partition coefficient (Wildman–Crippen LogP) is 1.04. The van der Waals surface area contributed by atoms with Crippen LogP contribution in [0.5, 0.6) is 0 Å². The summed E-state index contributed by atoms with van der Waals surface area (Å²) < 4.78 is 4.93. The summed E-state index contributed by atoms with van der Waals surface area (Å²) in [6.45, 7) is 5.48. The third-order valence-electron chi connectivity index (χ3n) is 3.30. The predicted molar refractivity (Wildman–Crippen MR) is 67.4 cm³/mol. The lowest BCUT2D eigenvalue weighted by atomic mass is 9.89. The Balaban J connectivity index is 2.70. The first-order valence-corrected chi connectivity index (χ1v) is 6.49. The monoisotopic (exact) mass is 271 g/mol. The molecule has 19 heavy (non-hydrogen) atoms. The van der Waals surface area contributed by atoms with Crippen LogP contribution in [0.4, 0.5) is 0 Å². The highest BCUT2D eigenvalue weighted by Gasteiger charge is 2.39. The standard InChI is InChI=1S/C13H21NO5/c1-4-19-11(16)9-6-5-7-14(9)10(15)8-13(2,3)12(17)18/h9H,4-8H2,1-3H3,(H,17,18). The second-order valence-corrected chi connectivity index (χ2v) is 5.36. The van der Waals surface area contributed by atoms with Crippen molar-refractivity contribution in [3.05, 3.63) is 0 Å². The average molecular weight is 271 g/mol. The number of nitrogens with zero attached hydrogens (tertiary/aromatic N) is 1. The number of hydrogen-bond acceptors (Lipinski definition) is 4. The molecule has 1 heterocycles. The van der Waals surface area contributed by atoms with Crippen LogP contribution in [0.25, 0.3) is 0 Å². The number of carboxylic acids is 1. The maximum Gasteiger partial charge on any atom is 0.328 e. The summed E-state index contributed by atoms with van der Waals surface area (Å²) in [5.74, 6) is -1.72. The molecule has 1 rings (SSSR count). The van der Waals surface area contributed by atoms with E-state index in [2.05, 4.69) is 0 Å². The first kappa shape index (κ1) is 15.5. The highest BCUT2D eigenvalue weighted by atomic mass is 16.5. The quantitative estimate of drug-likeness (QED) is 0.755. The topological polar surface area (TPSA) is 83.9 Å². The SMILES string of the molecule is CCOC(=O)C1CCCN1C(=O)CC(C)(C)C(=O)O. The number of ether oxygens (including phenoxy) is 1. The van der Waals surface area contributed by atoms with E-state index in [1.165, 1.54) is 18.7 Å². The third-order valence-corrected chi connectivity index (χ3v) is 3.30. The zero-order valence-electron chi connectivity index (χ0n) is 11.6. The fraction of sp³-hybridized carbons (Fsp3) is 0.769. The van der Waals surface area contributed by atoms with Crippen molar-refractivity contribution in [2.75, 3.05) is 13.2 Å². The number of amides is 1. The highest BCUT2D eigenvalue weighted by Crippen LogP contribution is 2.26. The lowest BCUT2D eigenvalue weighted by molar-refractivity contribution is -0.156. The minimum atomic E-state index is -1.13. The van der Waals surface area contributed by atoms with Gasteiger partial charge in [-0.05, 0) is 33.6 Å². The Morgan fingerprint density at radius 3 is 2.53 bits per heavy atom. The smallest absolute Gasteiger partial charge is 0.328 e.